The number of carboxylic acids is 2. The molecule has 0 saturated carbocycles. The molecule has 8 nitrogen and oxygen atoms in total. The molecule has 2 aromatic carbocycles. The third-order valence-corrected chi connectivity index (χ3v) is 3.65. The van der Waals surface area contributed by atoms with E-state index in [0.717, 1.165) is 21.8 Å². The molecule has 2 aromatic heterocycles. The number of benzene rings is 2. The number of hydrogen-bond acceptors (Lipinski definition) is 6. The van der Waals surface area contributed by atoms with Gasteiger partial charge in [-0.25, -0.2) is 0 Å². The Morgan fingerprint density at radius 3 is 1.34 bits per heavy atom. The summed E-state index contributed by atoms with van der Waals surface area (Å²) in [7, 11) is 0. The maximum absolute atomic E-state index is 10.5. The molecule has 4 aromatic rings. The molecule has 4 rings (SSSR count). The molecule has 0 spiro atoms. The zero-order valence-electron chi connectivity index (χ0n) is 15.0. The van der Waals surface area contributed by atoms with Crippen LogP contribution in [0.2, 0.25) is 0 Å². The Balaban J connectivity index is 0.000000490. The topological polar surface area (TPSA) is 169 Å². The van der Waals surface area contributed by atoms with Crippen molar-refractivity contribution < 1.29 is 30.8 Å². The van der Waals surface area contributed by atoms with Gasteiger partial charge in [-0.3, -0.25) is 9.97 Å². The van der Waals surface area contributed by atoms with Gasteiger partial charge in [0.15, 0.2) is 0 Å². The fourth-order valence-electron chi connectivity index (χ4n) is 2.37. The molecule has 146 valence electrons. The van der Waals surface area contributed by atoms with Crippen LogP contribution in [0.5, 0.6) is 0 Å². The number of rotatable bonds is 2. The Morgan fingerprint density at radius 1 is 0.655 bits per heavy atom. The van der Waals surface area contributed by atoms with Gasteiger partial charge in [0, 0.05) is 34.3 Å². The van der Waals surface area contributed by atoms with Gasteiger partial charge < -0.3 is 30.8 Å². The second-order valence-corrected chi connectivity index (χ2v) is 5.41. The van der Waals surface area contributed by atoms with Gasteiger partial charge in [0.25, 0.3) is 0 Å². The van der Waals surface area contributed by atoms with Crippen molar-refractivity contribution in [2.75, 3.05) is 0 Å². The Bertz CT molecular complexity index is 1030. The summed E-state index contributed by atoms with van der Waals surface area (Å²) in [4.78, 5) is 29.0. The Morgan fingerprint density at radius 2 is 1.00 bits per heavy atom. The van der Waals surface area contributed by atoms with Gasteiger partial charge >= 0.3 is 27.3 Å². The summed E-state index contributed by atoms with van der Waals surface area (Å²) in [6.07, 6.45) is 2.61. The summed E-state index contributed by atoms with van der Waals surface area (Å²) in [5, 5.41) is 22.6. The van der Waals surface area contributed by atoms with Gasteiger partial charge in [0.05, 0.1) is 23.0 Å². The number of carbonyl (C=O) groups excluding carboxylic acids is 2. The van der Waals surface area contributed by atoms with Gasteiger partial charge in [-0.15, -0.1) is 0 Å². The van der Waals surface area contributed by atoms with Crippen LogP contribution in [0, 0.1) is 0 Å². The predicted molar refractivity (Wildman–Crippen MR) is 105 cm³/mol. The molecule has 29 heavy (non-hydrogen) atoms. The molecular formula is C20H16N2O6Pb. The van der Waals surface area contributed by atoms with Crippen molar-refractivity contribution in [1.82, 2.24) is 9.97 Å². The molecule has 0 aliphatic rings. The number of carbonyl (C=O) groups is 2. The van der Waals surface area contributed by atoms with Crippen LogP contribution in [-0.2, 0) is 0 Å². The molecule has 0 amide bonds. The van der Waals surface area contributed by atoms with E-state index in [9.17, 15) is 19.8 Å². The first-order chi connectivity index (χ1) is 12.5. The third kappa shape index (κ3) is 6.55. The largest absolute Gasteiger partial charge is 2.00 e. The van der Waals surface area contributed by atoms with E-state index in [1.165, 1.54) is 12.4 Å². The average Bonchev–Trinajstić information content (AvgIpc) is 2.67. The van der Waals surface area contributed by atoms with Crippen molar-refractivity contribution in [2.24, 2.45) is 0 Å². The molecule has 4 N–H and O–H groups in total. The van der Waals surface area contributed by atoms with Crippen molar-refractivity contribution in [3.63, 3.8) is 0 Å². The minimum Gasteiger partial charge on any atom is -0.545 e. The van der Waals surface area contributed by atoms with Crippen molar-refractivity contribution >= 4 is 61.0 Å². The van der Waals surface area contributed by atoms with Gasteiger partial charge in [-0.05, 0) is 24.3 Å². The second-order valence-electron chi connectivity index (χ2n) is 5.41. The number of para-hydroxylation sites is 2. The van der Waals surface area contributed by atoms with Crippen molar-refractivity contribution in [3.8, 4) is 0 Å². The number of pyridine rings is 2. The van der Waals surface area contributed by atoms with Crippen LogP contribution in [0.25, 0.3) is 21.8 Å². The van der Waals surface area contributed by atoms with Crippen LogP contribution in [0.3, 0.4) is 0 Å². The number of hydrogen-bond donors (Lipinski definition) is 0. The average molecular weight is 588 g/mol. The summed E-state index contributed by atoms with van der Waals surface area (Å²) in [5.41, 5.74) is 1.79. The second kappa shape index (κ2) is 11.8. The van der Waals surface area contributed by atoms with E-state index in [1.54, 1.807) is 12.1 Å². The van der Waals surface area contributed by atoms with Crippen molar-refractivity contribution in [1.29, 1.82) is 0 Å². The molecule has 2 radical (unpaired) electrons. The smallest absolute Gasteiger partial charge is 0.545 e. The van der Waals surface area contributed by atoms with Gasteiger partial charge in [-0.2, -0.15) is 0 Å². The molecule has 0 aliphatic heterocycles. The quantitative estimate of drug-likeness (QED) is 0.277. The molecule has 2 heterocycles. The van der Waals surface area contributed by atoms with E-state index in [0.29, 0.717) is 0 Å². The standard InChI is InChI=1S/2C10H7NO2.2H2O.Pb/c2*12-10(13)8-5-7-3-1-2-4-9(7)11-6-8;;;/h2*1-6H,(H,12,13);2*1H2;/q;;;;+2/p-2. The molecule has 0 aliphatic carbocycles. The van der Waals surface area contributed by atoms with Gasteiger partial charge in [-0.1, -0.05) is 36.4 Å². The summed E-state index contributed by atoms with van der Waals surface area (Å²) in [5.74, 6) is -2.39. The van der Waals surface area contributed by atoms with Crippen LogP contribution in [0.15, 0.2) is 73.1 Å². The first-order valence-electron chi connectivity index (χ1n) is 7.67. The first-order valence-corrected chi connectivity index (χ1v) is 7.67. The number of aromatic carboxylic acids is 2. The maximum Gasteiger partial charge on any atom is 2.00 e. The number of carboxylic acid groups (broad SMARTS) is 2. The molecular weight excluding hydrogens is 571 g/mol. The SMILES string of the molecule is O.O.O=C([O-])c1cnc2ccccc2c1.O=C([O-])c1cnc2ccccc2c1.[Pb+2]. The molecule has 0 saturated heterocycles. The zero-order chi connectivity index (χ0) is 18.5. The number of fused-ring (bicyclic) bond motifs is 2. The monoisotopic (exact) mass is 588 g/mol. The van der Waals surface area contributed by atoms with Gasteiger partial charge in [0.2, 0.25) is 0 Å². The number of nitrogens with zero attached hydrogens (tertiary/aromatic N) is 2. The van der Waals surface area contributed by atoms with E-state index >= 15 is 0 Å². The molecule has 9 heteroatoms. The van der Waals surface area contributed by atoms with E-state index < -0.39 is 11.9 Å². The van der Waals surface area contributed by atoms with E-state index in [1.807, 2.05) is 48.5 Å². The normalized spacial score (nSPS) is 9.10. The van der Waals surface area contributed by atoms with Crippen LogP contribution in [0.1, 0.15) is 20.7 Å². The minimum absolute atomic E-state index is 0. The van der Waals surface area contributed by atoms with Crippen LogP contribution >= 0.6 is 0 Å². The van der Waals surface area contributed by atoms with Crippen LogP contribution < -0.4 is 10.2 Å². The van der Waals surface area contributed by atoms with Crippen LogP contribution in [-0.4, -0.2) is 60.2 Å². The first kappa shape index (κ1) is 26.0. The molecule has 0 atom stereocenters. The van der Waals surface area contributed by atoms with Crippen LogP contribution in [0.4, 0.5) is 0 Å². The molecule has 0 fully saturated rings. The molecule has 0 unspecified atom stereocenters. The fraction of sp³-hybridized carbons (Fsp3) is 0. The fourth-order valence-corrected chi connectivity index (χ4v) is 2.37. The Labute approximate surface area is 185 Å². The predicted octanol–water partition coefficient (Wildman–Crippen LogP) is -0.834. The third-order valence-electron chi connectivity index (χ3n) is 3.65. The summed E-state index contributed by atoms with van der Waals surface area (Å²) < 4.78 is 0. The van der Waals surface area contributed by atoms with Crippen molar-refractivity contribution in [3.05, 3.63) is 84.2 Å². The molecule has 0 bridgehead atoms. The summed E-state index contributed by atoms with van der Waals surface area (Å²) in [6, 6.07) is 17.8. The Kier molecular flexibility index (Phi) is 10.6. The van der Waals surface area contributed by atoms with Gasteiger partial charge in [0.1, 0.15) is 0 Å². The summed E-state index contributed by atoms with van der Waals surface area (Å²) >= 11 is 0. The minimum atomic E-state index is -1.20. The van der Waals surface area contributed by atoms with Crippen molar-refractivity contribution in [2.45, 2.75) is 0 Å². The maximum atomic E-state index is 10.5. The Hall–Kier alpha value is -2.96. The zero-order valence-corrected chi connectivity index (χ0v) is 18.8. The van der Waals surface area contributed by atoms with E-state index in [-0.39, 0.29) is 49.4 Å². The van der Waals surface area contributed by atoms with E-state index in [2.05, 4.69) is 9.97 Å². The number of aromatic nitrogens is 2. The van der Waals surface area contributed by atoms with E-state index in [4.69, 9.17) is 0 Å². The summed E-state index contributed by atoms with van der Waals surface area (Å²) in [6.45, 7) is 0.